The van der Waals surface area contributed by atoms with Gasteiger partial charge in [-0.1, -0.05) is 17.7 Å². The number of rotatable bonds is 2. The molecule has 2 rings (SSSR count). The lowest BCUT2D eigenvalue weighted by atomic mass is 9.80. The van der Waals surface area contributed by atoms with Crippen molar-refractivity contribution in [3.05, 3.63) is 34.4 Å². The molecule has 1 aliphatic heterocycles. The minimum Gasteiger partial charge on any atom is -0.389 e. The van der Waals surface area contributed by atoms with Gasteiger partial charge in [0.05, 0.1) is 17.8 Å². The second-order valence-electron chi connectivity index (χ2n) is 6.44. The van der Waals surface area contributed by atoms with E-state index in [4.69, 9.17) is 4.74 Å². The highest BCUT2D eigenvalue weighted by Gasteiger charge is 2.37. The van der Waals surface area contributed by atoms with E-state index in [-0.39, 0.29) is 12.2 Å². The zero-order chi connectivity index (χ0) is 14.2. The Hall–Kier alpha value is -0.860. The van der Waals surface area contributed by atoms with Crippen molar-refractivity contribution in [2.24, 2.45) is 0 Å². The summed E-state index contributed by atoms with van der Waals surface area (Å²) in [6.07, 6.45) is 2.47. The lowest BCUT2D eigenvalue weighted by Crippen LogP contribution is -2.45. The van der Waals surface area contributed by atoms with Crippen molar-refractivity contribution < 1.29 is 9.84 Å². The maximum Gasteiger partial charge on any atom is 0.0737 e. The molecule has 0 radical (unpaired) electrons. The Balaban J connectivity index is 2.25. The average Bonchev–Trinajstić information content (AvgIpc) is 2.21. The second kappa shape index (κ2) is 5.26. The maximum absolute atomic E-state index is 10.9. The van der Waals surface area contributed by atoms with Gasteiger partial charge in [-0.3, -0.25) is 0 Å². The average molecular weight is 262 g/mol. The van der Waals surface area contributed by atoms with E-state index in [9.17, 15) is 5.11 Å². The summed E-state index contributed by atoms with van der Waals surface area (Å²) in [6, 6.07) is 4.41. The molecule has 0 spiro atoms. The Morgan fingerprint density at radius 2 is 1.58 bits per heavy atom. The first-order valence-corrected chi connectivity index (χ1v) is 7.24. The molecule has 0 bridgehead atoms. The summed E-state index contributed by atoms with van der Waals surface area (Å²) in [4.78, 5) is 0. The van der Waals surface area contributed by atoms with Gasteiger partial charge in [-0.2, -0.15) is 0 Å². The van der Waals surface area contributed by atoms with Gasteiger partial charge < -0.3 is 9.84 Å². The third kappa shape index (κ3) is 3.37. The Labute approximate surface area is 116 Å². The normalized spacial score (nSPS) is 31.5. The Kier molecular flexibility index (Phi) is 4.03. The first-order valence-electron chi connectivity index (χ1n) is 7.24. The van der Waals surface area contributed by atoms with Crippen LogP contribution in [0.25, 0.3) is 0 Å². The smallest absolute Gasteiger partial charge is 0.0737 e. The molecule has 1 saturated heterocycles. The predicted molar refractivity (Wildman–Crippen MR) is 78.5 cm³/mol. The van der Waals surface area contributed by atoms with E-state index >= 15 is 0 Å². The van der Waals surface area contributed by atoms with E-state index in [1.54, 1.807) is 0 Å². The van der Waals surface area contributed by atoms with Crippen molar-refractivity contribution in [2.75, 3.05) is 0 Å². The van der Waals surface area contributed by atoms with Crippen LogP contribution in [0.5, 0.6) is 0 Å². The van der Waals surface area contributed by atoms with Crippen LogP contribution in [0.4, 0.5) is 0 Å². The van der Waals surface area contributed by atoms with Crippen molar-refractivity contribution in [1.82, 2.24) is 0 Å². The molecule has 1 aromatic rings. The van der Waals surface area contributed by atoms with Crippen LogP contribution in [0.2, 0.25) is 0 Å². The monoisotopic (exact) mass is 262 g/mol. The largest absolute Gasteiger partial charge is 0.389 e. The van der Waals surface area contributed by atoms with Crippen molar-refractivity contribution in [3.8, 4) is 0 Å². The SMILES string of the molecule is Cc1cc(C)c(CC2(O)CC(C)OC(C)C2)c(C)c1. The number of aryl methyl sites for hydroxylation is 3. The van der Waals surface area contributed by atoms with Crippen LogP contribution in [-0.2, 0) is 11.2 Å². The number of benzene rings is 1. The van der Waals surface area contributed by atoms with Crippen LogP contribution in [0.1, 0.15) is 48.9 Å². The van der Waals surface area contributed by atoms with Gasteiger partial charge in [-0.25, -0.2) is 0 Å². The van der Waals surface area contributed by atoms with Gasteiger partial charge in [-0.15, -0.1) is 0 Å². The van der Waals surface area contributed by atoms with E-state index < -0.39 is 5.60 Å². The van der Waals surface area contributed by atoms with E-state index in [0.717, 1.165) is 19.3 Å². The Bertz CT molecular complexity index is 431. The van der Waals surface area contributed by atoms with Crippen LogP contribution < -0.4 is 0 Å². The molecule has 2 heteroatoms. The van der Waals surface area contributed by atoms with E-state index in [1.165, 1.54) is 22.3 Å². The zero-order valence-electron chi connectivity index (χ0n) is 12.8. The Morgan fingerprint density at radius 1 is 1.11 bits per heavy atom. The predicted octanol–water partition coefficient (Wildman–Crippen LogP) is 3.47. The molecule has 1 aromatic carbocycles. The summed E-state index contributed by atoms with van der Waals surface area (Å²) in [5, 5.41) is 10.9. The van der Waals surface area contributed by atoms with Crippen molar-refractivity contribution in [1.29, 1.82) is 0 Å². The van der Waals surface area contributed by atoms with Gasteiger partial charge in [0.25, 0.3) is 0 Å². The molecule has 1 fully saturated rings. The lowest BCUT2D eigenvalue weighted by molar-refractivity contribution is -0.130. The molecular weight excluding hydrogens is 236 g/mol. The van der Waals surface area contributed by atoms with Crippen LogP contribution >= 0.6 is 0 Å². The molecule has 0 aliphatic carbocycles. The summed E-state index contributed by atoms with van der Waals surface area (Å²) in [7, 11) is 0. The molecular formula is C17H26O2. The fraction of sp³-hybridized carbons (Fsp3) is 0.647. The second-order valence-corrected chi connectivity index (χ2v) is 6.44. The third-order valence-electron chi connectivity index (χ3n) is 4.15. The Morgan fingerprint density at radius 3 is 2.05 bits per heavy atom. The summed E-state index contributed by atoms with van der Waals surface area (Å²) in [6.45, 7) is 10.5. The summed E-state index contributed by atoms with van der Waals surface area (Å²) in [5.41, 5.74) is 4.55. The van der Waals surface area contributed by atoms with Crippen LogP contribution in [0, 0.1) is 20.8 Å². The first-order chi connectivity index (χ1) is 8.79. The van der Waals surface area contributed by atoms with Gasteiger partial charge in [0.15, 0.2) is 0 Å². The molecule has 0 amide bonds. The van der Waals surface area contributed by atoms with Crippen LogP contribution in [-0.4, -0.2) is 22.9 Å². The minimum absolute atomic E-state index is 0.139. The first kappa shape index (κ1) is 14.5. The highest BCUT2D eigenvalue weighted by molar-refractivity contribution is 5.38. The van der Waals surface area contributed by atoms with Crippen molar-refractivity contribution >= 4 is 0 Å². The highest BCUT2D eigenvalue weighted by atomic mass is 16.5. The third-order valence-corrected chi connectivity index (χ3v) is 4.15. The quantitative estimate of drug-likeness (QED) is 0.884. The molecule has 0 aromatic heterocycles. The summed E-state index contributed by atoms with van der Waals surface area (Å²) in [5.74, 6) is 0. The number of ether oxygens (including phenoxy) is 1. The summed E-state index contributed by atoms with van der Waals surface area (Å²) >= 11 is 0. The van der Waals surface area contributed by atoms with Gasteiger partial charge in [0.1, 0.15) is 0 Å². The molecule has 106 valence electrons. The number of hydrogen-bond donors (Lipinski definition) is 1. The van der Waals surface area contributed by atoms with Gasteiger partial charge in [0.2, 0.25) is 0 Å². The van der Waals surface area contributed by atoms with E-state index in [2.05, 4.69) is 46.8 Å². The molecule has 19 heavy (non-hydrogen) atoms. The molecule has 2 unspecified atom stereocenters. The fourth-order valence-electron chi connectivity index (χ4n) is 3.61. The lowest BCUT2D eigenvalue weighted by Gasteiger charge is -2.39. The van der Waals surface area contributed by atoms with Gasteiger partial charge in [0, 0.05) is 19.3 Å². The van der Waals surface area contributed by atoms with Crippen molar-refractivity contribution in [2.45, 2.75) is 71.7 Å². The highest BCUT2D eigenvalue weighted by Crippen LogP contribution is 2.33. The zero-order valence-corrected chi connectivity index (χ0v) is 12.8. The molecule has 2 nitrogen and oxygen atoms in total. The fourth-order valence-corrected chi connectivity index (χ4v) is 3.61. The van der Waals surface area contributed by atoms with Crippen LogP contribution in [0.3, 0.4) is 0 Å². The minimum atomic E-state index is -0.623. The number of hydrogen-bond acceptors (Lipinski definition) is 2. The molecule has 1 aliphatic rings. The summed E-state index contributed by atoms with van der Waals surface area (Å²) < 4.78 is 5.74. The van der Waals surface area contributed by atoms with Gasteiger partial charge >= 0.3 is 0 Å². The molecule has 2 atom stereocenters. The molecule has 1 N–H and O–H groups in total. The standard InChI is InChI=1S/C17H26O2/c1-11-6-12(2)16(13(3)7-11)10-17(18)8-14(4)19-15(5)9-17/h6-7,14-15,18H,8-10H2,1-5H3. The maximum atomic E-state index is 10.9. The van der Waals surface area contributed by atoms with E-state index in [1.807, 2.05) is 0 Å². The molecule has 0 saturated carbocycles. The van der Waals surface area contributed by atoms with E-state index in [0.29, 0.717) is 0 Å². The van der Waals surface area contributed by atoms with Crippen LogP contribution in [0.15, 0.2) is 12.1 Å². The molecule has 1 heterocycles. The number of aliphatic hydroxyl groups is 1. The van der Waals surface area contributed by atoms with Gasteiger partial charge in [-0.05, 0) is 51.3 Å². The topological polar surface area (TPSA) is 29.5 Å². The van der Waals surface area contributed by atoms with Crippen molar-refractivity contribution in [3.63, 3.8) is 0 Å².